The first-order valence-corrected chi connectivity index (χ1v) is 6.59. The highest BCUT2D eigenvalue weighted by molar-refractivity contribution is 7.98. The molecule has 6 heteroatoms. The molecule has 5 nitrogen and oxygen atoms in total. The average molecular weight is 247 g/mol. The van der Waals surface area contributed by atoms with Crippen LogP contribution in [0.2, 0.25) is 0 Å². The van der Waals surface area contributed by atoms with Gasteiger partial charge in [0, 0.05) is 18.7 Å². The minimum absolute atomic E-state index is 0.00995. The van der Waals surface area contributed by atoms with Crippen LogP contribution < -0.4 is 0 Å². The van der Waals surface area contributed by atoms with Crippen LogP contribution in [0.1, 0.15) is 13.3 Å². The molecule has 1 saturated heterocycles. The van der Waals surface area contributed by atoms with Crippen molar-refractivity contribution in [3.05, 3.63) is 0 Å². The number of ether oxygens (including phenoxy) is 1. The first kappa shape index (κ1) is 13.3. The molecule has 0 saturated carbocycles. The topological polar surface area (TPSA) is 66.8 Å². The van der Waals surface area contributed by atoms with Crippen molar-refractivity contribution in [3.8, 4) is 0 Å². The number of rotatable bonds is 4. The third-order valence-electron chi connectivity index (χ3n) is 2.41. The number of carboxylic acid groups (broad SMARTS) is 1. The summed E-state index contributed by atoms with van der Waals surface area (Å²) in [6, 6.07) is 0. The molecule has 0 bridgehead atoms. The molecule has 0 aliphatic carbocycles. The Morgan fingerprint density at radius 3 is 2.75 bits per heavy atom. The minimum atomic E-state index is -1.01. The molecule has 2 atom stereocenters. The van der Waals surface area contributed by atoms with Gasteiger partial charge in [0.05, 0.1) is 12.6 Å². The van der Waals surface area contributed by atoms with Gasteiger partial charge in [-0.05, 0) is 13.2 Å². The van der Waals surface area contributed by atoms with E-state index in [1.165, 1.54) is 0 Å². The summed E-state index contributed by atoms with van der Waals surface area (Å²) in [5.41, 5.74) is 0. The summed E-state index contributed by atoms with van der Waals surface area (Å²) in [5.74, 6) is -0.229. The Bertz CT molecular complexity index is 272. The Kier molecular flexibility index (Phi) is 5.08. The van der Waals surface area contributed by atoms with Crippen LogP contribution in [0.5, 0.6) is 0 Å². The lowest BCUT2D eigenvalue weighted by Crippen LogP contribution is -2.51. The van der Waals surface area contributed by atoms with E-state index < -0.39 is 12.1 Å². The SMILES string of the molecule is CSCCC(=O)N1CC(C(=O)O)O[C@H](C)C1. The molecule has 1 heterocycles. The van der Waals surface area contributed by atoms with Crippen LogP contribution in [0, 0.1) is 0 Å². The van der Waals surface area contributed by atoms with Crippen LogP contribution in [0.15, 0.2) is 0 Å². The molecular weight excluding hydrogens is 230 g/mol. The fourth-order valence-electron chi connectivity index (χ4n) is 1.64. The predicted octanol–water partition coefficient (Wildman–Crippen LogP) is 0.440. The molecule has 0 spiro atoms. The van der Waals surface area contributed by atoms with E-state index in [1.807, 2.05) is 6.26 Å². The molecule has 92 valence electrons. The maximum absolute atomic E-state index is 11.7. The summed E-state index contributed by atoms with van der Waals surface area (Å²) < 4.78 is 5.23. The van der Waals surface area contributed by atoms with Gasteiger partial charge in [-0.15, -0.1) is 0 Å². The number of amides is 1. The molecule has 1 fully saturated rings. The van der Waals surface area contributed by atoms with Crippen molar-refractivity contribution < 1.29 is 19.4 Å². The fraction of sp³-hybridized carbons (Fsp3) is 0.800. The molecule has 1 aliphatic rings. The summed E-state index contributed by atoms with van der Waals surface area (Å²) in [5, 5.41) is 8.86. The Morgan fingerprint density at radius 2 is 2.19 bits per heavy atom. The van der Waals surface area contributed by atoms with E-state index in [9.17, 15) is 9.59 Å². The monoisotopic (exact) mass is 247 g/mol. The van der Waals surface area contributed by atoms with Crippen LogP contribution >= 0.6 is 11.8 Å². The van der Waals surface area contributed by atoms with E-state index in [0.717, 1.165) is 5.75 Å². The number of hydrogen-bond acceptors (Lipinski definition) is 4. The van der Waals surface area contributed by atoms with Gasteiger partial charge in [-0.1, -0.05) is 0 Å². The van der Waals surface area contributed by atoms with E-state index in [2.05, 4.69) is 0 Å². The van der Waals surface area contributed by atoms with E-state index in [0.29, 0.717) is 13.0 Å². The number of carbonyl (C=O) groups is 2. The molecule has 1 amide bonds. The summed E-state index contributed by atoms with van der Waals surface area (Å²) in [7, 11) is 0. The number of carbonyl (C=O) groups excluding carboxylic acids is 1. The number of carboxylic acids is 1. The van der Waals surface area contributed by atoms with Gasteiger partial charge in [-0.2, -0.15) is 11.8 Å². The summed E-state index contributed by atoms with van der Waals surface area (Å²) in [6.45, 7) is 2.42. The Hall–Kier alpha value is -0.750. The Balaban J connectivity index is 2.53. The fourth-order valence-corrected chi connectivity index (χ4v) is 2.02. The molecule has 16 heavy (non-hydrogen) atoms. The predicted molar refractivity (Wildman–Crippen MR) is 61.5 cm³/mol. The second kappa shape index (κ2) is 6.10. The van der Waals surface area contributed by atoms with Crippen molar-refractivity contribution in [1.29, 1.82) is 0 Å². The molecule has 1 rings (SSSR count). The van der Waals surface area contributed by atoms with Crippen molar-refractivity contribution >= 4 is 23.6 Å². The lowest BCUT2D eigenvalue weighted by atomic mass is 10.2. The molecule has 1 aliphatic heterocycles. The van der Waals surface area contributed by atoms with Crippen LogP contribution in [-0.2, 0) is 14.3 Å². The summed E-state index contributed by atoms with van der Waals surface area (Å²) >= 11 is 1.61. The lowest BCUT2D eigenvalue weighted by molar-refractivity contribution is -0.166. The lowest BCUT2D eigenvalue weighted by Gasteiger charge is -2.35. The molecule has 0 aromatic rings. The summed E-state index contributed by atoms with van der Waals surface area (Å²) in [4.78, 5) is 24.1. The normalized spacial score (nSPS) is 25.5. The Morgan fingerprint density at radius 1 is 1.50 bits per heavy atom. The van der Waals surface area contributed by atoms with Crippen molar-refractivity contribution in [2.75, 3.05) is 25.1 Å². The average Bonchev–Trinajstić information content (AvgIpc) is 2.24. The standard InChI is InChI=1S/C10H17NO4S/c1-7-5-11(9(12)3-4-16-2)6-8(15-7)10(13)14/h7-8H,3-6H2,1-2H3,(H,13,14)/t7-,8?/m1/s1. The van der Waals surface area contributed by atoms with Gasteiger partial charge < -0.3 is 14.7 Å². The zero-order valence-corrected chi connectivity index (χ0v) is 10.3. The van der Waals surface area contributed by atoms with E-state index in [1.54, 1.807) is 23.6 Å². The minimum Gasteiger partial charge on any atom is -0.479 e. The van der Waals surface area contributed by atoms with Crippen LogP contribution in [0.3, 0.4) is 0 Å². The Labute approximate surface area is 99.1 Å². The number of thioether (sulfide) groups is 1. The molecule has 0 aromatic carbocycles. The van der Waals surface area contributed by atoms with Gasteiger partial charge in [0.1, 0.15) is 0 Å². The van der Waals surface area contributed by atoms with Crippen LogP contribution in [-0.4, -0.2) is 59.2 Å². The second-order valence-corrected chi connectivity index (χ2v) is 4.80. The third-order valence-corrected chi connectivity index (χ3v) is 3.02. The molecule has 0 radical (unpaired) electrons. The van der Waals surface area contributed by atoms with Crippen molar-refractivity contribution in [2.45, 2.75) is 25.6 Å². The first-order chi connectivity index (χ1) is 7.54. The second-order valence-electron chi connectivity index (χ2n) is 3.82. The van der Waals surface area contributed by atoms with E-state index in [-0.39, 0.29) is 18.6 Å². The van der Waals surface area contributed by atoms with Gasteiger partial charge in [-0.25, -0.2) is 4.79 Å². The zero-order chi connectivity index (χ0) is 12.1. The maximum atomic E-state index is 11.7. The van der Waals surface area contributed by atoms with E-state index >= 15 is 0 Å². The maximum Gasteiger partial charge on any atom is 0.334 e. The van der Waals surface area contributed by atoms with Gasteiger partial charge in [0.2, 0.25) is 5.91 Å². The van der Waals surface area contributed by atoms with Crippen LogP contribution in [0.4, 0.5) is 0 Å². The van der Waals surface area contributed by atoms with Crippen molar-refractivity contribution in [2.24, 2.45) is 0 Å². The number of hydrogen-bond donors (Lipinski definition) is 1. The van der Waals surface area contributed by atoms with Gasteiger partial charge in [0.15, 0.2) is 6.10 Å². The molecule has 0 aromatic heterocycles. The highest BCUT2D eigenvalue weighted by Gasteiger charge is 2.32. The largest absolute Gasteiger partial charge is 0.479 e. The molecule has 1 N–H and O–H groups in total. The smallest absolute Gasteiger partial charge is 0.334 e. The van der Waals surface area contributed by atoms with Crippen molar-refractivity contribution in [1.82, 2.24) is 4.90 Å². The third kappa shape index (κ3) is 3.68. The zero-order valence-electron chi connectivity index (χ0n) is 9.51. The van der Waals surface area contributed by atoms with Crippen LogP contribution in [0.25, 0.3) is 0 Å². The number of nitrogens with zero attached hydrogens (tertiary/aromatic N) is 1. The van der Waals surface area contributed by atoms with Gasteiger partial charge in [0.25, 0.3) is 0 Å². The highest BCUT2D eigenvalue weighted by atomic mass is 32.2. The van der Waals surface area contributed by atoms with Crippen molar-refractivity contribution in [3.63, 3.8) is 0 Å². The molecule has 1 unspecified atom stereocenters. The first-order valence-electron chi connectivity index (χ1n) is 5.19. The molecular formula is C10H17NO4S. The quantitative estimate of drug-likeness (QED) is 0.781. The number of morpholine rings is 1. The summed E-state index contributed by atoms with van der Waals surface area (Å²) in [6.07, 6.45) is 1.30. The van der Waals surface area contributed by atoms with E-state index in [4.69, 9.17) is 9.84 Å². The van der Waals surface area contributed by atoms with Gasteiger partial charge in [-0.3, -0.25) is 4.79 Å². The highest BCUT2D eigenvalue weighted by Crippen LogP contribution is 2.13. The number of aliphatic carboxylic acids is 1. The van der Waals surface area contributed by atoms with Gasteiger partial charge >= 0.3 is 5.97 Å².